The lowest BCUT2D eigenvalue weighted by atomic mass is 9.99. The van der Waals surface area contributed by atoms with Crippen molar-refractivity contribution in [3.8, 4) is 0 Å². The molecular weight excluding hydrogens is 863 g/mol. The van der Waals surface area contributed by atoms with E-state index in [-0.39, 0.29) is 12.5 Å². The van der Waals surface area contributed by atoms with E-state index in [2.05, 4.69) is 116 Å². The van der Waals surface area contributed by atoms with Crippen LogP contribution in [0.3, 0.4) is 0 Å². The minimum atomic E-state index is -1.58. The number of aliphatic hydroxyl groups is 5. The van der Waals surface area contributed by atoms with Gasteiger partial charge in [0.1, 0.15) is 24.4 Å². The molecule has 394 valence electrons. The average molecular weight is 964 g/mol. The second-order valence-corrected chi connectivity index (χ2v) is 18.6. The number of carbonyl (C=O) groups is 1. The van der Waals surface area contributed by atoms with Crippen LogP contribution in [0, 0.1) is 0 Å². The molecular formula is C60H101NO8. The molecule has 0 saturated carbocycles. The molecule has 0 radical (unpaired) electrons. The molecule has 0 aliphatic carbocycles. The largest absolute Gasteiger partial charge is 0.394 e. The first-order valence-corrected chi connectivity index (χ1v) is 27.6. The van der Waals surface area contributed by atoms with Crippen molar-refractivity contribution in [3.63, 3.8) is 0 Å². The minimum absolute atomic E-state index is 0.203. The van der Waals surface area contributed by atoms with Gasteiger partial charge in [0.15, 0.2) is 6.29 Å². The zero-order valence-corrected chi connectivity index (χ0v) is 43.5. The van der Waals surface area contributed by atoms with Crippen LogP contribution in [0.2, 0.25) is 0 Å². The number of allylic oxidation sites excluding steroid dienone is 17. The molecule has 9 nitrogen and oxygen atoms in total. The predicted molar refractivity (Wildman–Crippen MR) is 290 cm³/mol. The molecule has 1 rings (SSSR count). The molecule has 7 unspecified atom stereocenters. The third kappa shape index (κ3) is 38.2. The third-order valence-corrected chi connectivity index (χ3v) is 12.3. The van der Waals surface area contributed by atoms with E-state index in [4.69, 9.17) is 9.47 Å². The number of carbonyl (C=O) groups excluding carboxylic acids is 1. The Bertz CT molecular complexity index is 1440. The lowest BCUT2D eigenvalue weighted by Crippen LogP contribution is -2.60. The first kappa shape index (κ1) is 63.9. The van der Waals surface area contributed by atoms with Crippen LogP contribution in [0.15, 0.2) is 109 Å². The van der Waals surface area contributed by atoms with Gasteiger partial charge in [-0.25, -0.2) is 0 Å². The van der Waals surface area contributed by atoms with Crippen molar-refractivity contribution in [2.24, 2.45) is 0 Å². The smallest absolute Gasteiger partial charge is 0.220 e. The van der Waals surface area contributed by atoms with E-state index >= 15 is 0 Å². The minimum Gasteiger partial charge on any atom is -0.394 e. The number of unbranched alkanes of at least 4 members (excludes halogenated alkanes) is 19. The van der Waals surface area contributed by atoms with Gasteiger partial charge in [-0.1, -0.05) is 220 Å². The number of hydrogen-bond donors (Lipinski definition) is 6. The molecule has 0 bridgehead atoms. The van der Waals surface area contributed by atoms with Gasteiger partial charge in [0.25, 0.3) is 0 Å². The lowest BCUT2D eigenvalue weighted by molar-refractivity contribution is -0.302. The summed E-state index contributed by atoms with van der Waals surface area (Å²) < 4.78 is 11.2. The van der Waals surface area contributed by atoms with Gasteiger partial charge in [-0.2, -0.15) is 0 Å². The Balaban J connectivity index is 2.28. The SMILES string of the molecule is CC/C=C\C/C=C\C/C=C\C/C=C\C/C=C\C/C=C\C/C=C\CCCCCCCCCC(=O)NC(COC1OC(CO)C(O)C(O)C1O)C(O)/C=C/CC/C=C/CCCCCCCCCCCCC. The van der Waals surface area contributed by atoms with Crippen LogP contribution in [0.5, 0.6) is 0 Å². The molecule has 1 amide bonds. The lowest BCUT2D eigenvalue weighted by Gasteiger charge is -2.40. The summed E-state index contributed by atoms with van der Waals surface area (Å²) >= 11 is 0. The second-order valence-electron chi connectivity index (χ2n) is 18.6. The molecule has 0 aromatic heterocycles. The summed E-state index contributed by atoms with van der Waals surface area (Å²) in [6, 6.07) is -0.836. The topological polar surface area (TPSA) is 149 Å². The highest BCUT2D eigenvalue weighted by molar-refractivity contribution is 5.76. The van der Waals surface area contributed by atoms with Crippen LogP contribution in [0.4, 0.5) is 0 Å². The molecule has 7 atom stereocenters. The van der Waals surface area contributed by atoms with Gasteiger partial charge in [-0.05, 0) is 89.9 Å². The first-order valence-electron chi connectivity index (χ1n) is 27.6. The highest BCUT2D eigenvalue weighted by atomic mass is 16.7. The van der Waals surface area contributed by atoms with Gasteiger partial charge >= 0.3 is 0 Å². The molecule has 69 heavy (non-hydrogen) atoms. The Hall–Kier alpha value is -3.15. The Morgan fingerprint density at radius 1 is 0.507 bits per heavy atom. The van der Waals surface area contributed by atoms with Crippen LogP contribution in [-0.2, 0) is 14.3 Å². The van der Waals surface area contributed by atoms with Crippen LogP contribution < -0.4 is 5.32 Å². The van der Waals surface area contributed by atoms with Crippen LogP contribution in [0.25, 0.3) is 0 Å². The molecule has 1 heterocycles. The van der Waals surface area contributed by atoms with Gasteiger partial charge in [-0.15, -0.1) is 0 Å². The molecule has 1 aliphatic rings. The summed E-state index contributed by atoms with van der Waals surface area (Å²) in [5, 5.41) is 54.4. The molecule has 0 spiro atoms. The third-order valence-electron chi connectivity index (χ3n) is 12.3. The maximum atomic E-state index is 13.0. The van der Waals surface area contributed by atoms with Crippen LogP contribution >= 0.6 is 0 Å². The molecule has 1 fully saturated rings. The zero-order valence-electron chi connectivity index (χ0n) is 43.5. The van der Waals surface area contributed by atoms with Crippen molar-refractivity contribution < 1.29 is 39.8 Å². The number of aliphatic hydroxyl groups excluding tert-OH is 5. The average Bonchev–Trinajstić information content (AvgIpc) is 3.35. The van der Waals surface area contributed by atoms with Crippen molar-refractivity contribution >= 4 is 5.91 Å². The fraction of sp³-hybridized carbons (Fsp3) is 0.683. The highest BCUT2D eigenvalue weighted by Gasteiger charge is 2.44. The fourth-order valence-corrected chi connectivity index (χ4v) is 7.97. The van der Waals surface area contributed by atoms with E-state index in [0.29, 0.717) is 6.42 Å². The van der Waals surface area contributed by atoms with Crippen molar-refractivity contribution in [2.75, 3.05) is 13.2 Å². The van der Waals surface area contributed by atoms with E-state index in [0.717, 1.165) is 96.3 Å². The van der Waals surface area contributed by atoms with Crippen molar-refractivity contribution in [1.82, 2.24) is 5.32 Å². The van der Waals surface area contributed by atoms with Crippen molar-refractivity contribution in [1.29, 1.82) is 0 Å². The quantitative estimate of drug-likeness (QED) is 0.0261. The van der Waals surface area contributed by atoms with Crippen LogP contribution in [0.1, 0.15) is 206 Å². The monoisotopic (exact) mass is 964 g/mol. The van der Waals surface area contributed by atoms with Gasteiger partial charge < -0.3 is 40.3 Å². The van der Waals surface area contributed by atoms with Gasteiger partial charge in [-0.3, -0.25) is 4.79 Å². The molecule has 1 aliphatic heterocycles. The van der Waals surface area contributed by atoms with Crippen molar-refractivity contribution in [2.45, 2.75) is 249 Å². The summed E-state index contributed by atoms with van der Waals surface area (Å²) in [4.78, 5) is 13.0. The van der Waals surface area contributed by atoms with E-state index in [1.54, 1.807) is 6.08 Å². The van der Waals surface area contributed by atoms with Gasteiger partial charge in [0, 0.05) is 6.42 Å². The molecule has 1 saturated heterocycles. The maximum Gasteiger partial charge on any atom is 0.220 e. The van der Waals surface area contributed by atoms with Gasteiger partial charge in [0.2, 0.25) is 5.91 Å². The second kappa shape index (κ2) is 48.5. The Labute approximate surface area is 421 Å². The van der Waals surface area contributed by atoms with Gasteiger partial charge in [0.05, 0.1) is 25.4 Å². The predicted octanol–water partition coefficient (Wildman–Crippen LogP) is 13.4. The molecule has 0 aromatic carbocycles. The zero-order chi connectivity index (χ0) is 50.1. The van der Waals surface area contributed by atoms with Crippen LogP contribution in [-0.4, -0.2) is 87.5 Å². The number of amides is 1. The van der Waals surface area contributed by atoms with E-state index in [9.17, 15) is 30.3 Å². The Morgan fingerprint density at radius 3 is 1.39 bits per heavy atom. The first-order chi connectivity index (χ1) is 33.8. The fourth-order valence-electron chi connectivity index (χ4n) is 7.97. The number of ether oxygens (including phenoxy) is 2. The van der Waals surface area contributed by atoms with E-state index < -0.39 is 49.5 Å². The molecule has 6 N–H and O–H groups in total. The standard InChI is InChI=1S/C60H101NO8/c1-3-5-7-9-11-13-15-17-19-21-22-23-24-25-26-27-28-29-30-31-32-34-36-38-40-42-44-46-48-50-56(64)61-53(52-68-60-59(67)58(66)57(65)55(51-62)69-60)54(63)49-47-45-43-41-39-37-35-33-20-18-16-14-12-10-8-6-4-2/h5,7,11,13,17,19,22-23,25-26,28-29,31-32,39,41,47,49,53-55,57-60,62-63,65-67H,3-4,6,8-10,12,14-16,18,20-21,24,27,30,33-38,40,42-46,48,50-52H2,1-2H3,(H,61,64)/b7-5-,13-11-,19-17-,23-22-,26-25-,29-28-,32-31-,41-39+,49-47+. The number of rotatable bonds is 45. The van der Waals surface area contributed by atoms with E-state index in [1.165, 1.54) is 89.9 Å². The summed E-state index contributed by atoms with van der Waals surface area (Å²) in [7, 11) is 0. The number of nitrogens with one attached hydrogen (secondary N) is 1. The summed E-state index contributed by atoms with van der Waals surface area (Å²) in [5.41, 5.74) is 0. The Morgan fingerprint density at radius 2 is 0.913 bits per heavy atom. The van der Waals surface area contributed by atoms with Crippen molar-refractivity contribution in [3.05, 3.63) is 109 Å². The van der Waals surface area contributed by atoms with E-state index in [1.807, 2.05) is 6.08 Å². The molecule has 9 heteroatoms. The molecule has 0 aromatic rings. The summed E-state index contributed by atoms with van der Waals surface area (Å²) in [5.74, 6) is -0.203. The normalized spacial score (nSPS) is 20.4. The highest BCUT2D eigenvalue weighted by Crippen LogP contribution is 2.22. The summed E-state index contributed by atoms with van der Waals surface area (Å²) in [6.45, 7) is 3.63. The number of hydrogen-bond acceptors (Lipinski definition) is 8. The maximum absolute atomic E-state index is 13.0. The Kier molecular flexibility index (Phi) is 44.9. The summed E-state index contributed by atoms with van der Waals surface area (Å²) in [6.07, 6.45) is 64.2.